The molecule has 0 amide bonds. The van der Waals surface area contributed by atoms with Crippen LogP contribution in [-0.2, 0) is 13.2 Å². The van der Waals surface area contributed by atoms with Crippen molar-refractivity contribution in [2.75, 3.05) is 7.11 Å². The average Bonchev–Trinajstić information content (AvgIpc) is 2.70. The maximum absolute atomic E-state index is 11.0. The Morgan fingerprint density at radius 3 is 2.45 bits per heavy atom. The predicted octanol–water partition coefficient (Wildman–Crippen LogP) is 5.86. The molecule has 4 saturated carbocycles. The molecule has 0 aromatic heterocycles. The smallest absolute Gasteiger partial charge is 0.175 e. The van der Waals surface area contributed by atoms with Crippen molar-refractivity contribution in [2.24, 2.45) is 11.8 Å². The van der Waals surface area contributed by atoms with Crippen molar-refractivity contribution in [3.05, 3.63) is 57.0 Å². The summed E-state index contributed by atoms with van der Waals surface area (Å²) in [6.45, 7) is 1.19. The molecular weight excluding hydrogens is 478 g/mol. The monoisotopic (exact) mass is 505 g/mol. The first-order chi connectivity index (χ1) is 14.9. The molecule has 2 aromatic rings. The Hall–Kier alpha value is -1.27. The number of rotatable bonds is 7. The second-order valence-electron chi connectivity index (χ2n) is 9.84. The second kappa shape index (κ2) is 8.26. The van der Waals surface area contributed by atoms with Crippen molar-refractivity contribution in [1.29, 1.82) is 0 Å². The molecule has 0 aliphatic heterocycles. The van der Waals surface area contributed by atoms with E-state index < -0.39 is 5.60 Å². The molecule has 2 N–H and O–H groups in total. The third-order valence-electron chi connectivity index (χ3n) is 7.28. The van der Waals surface area contributed by atoms with Gasteiger partial charge < -0.3 is 19.9 Å². The molecule has 0 saturated heterocycles. The van der Waals surface area contributed by atoms with Crippen LogP contribution in [0, 0.1) is 11.8 Å². The average molecular weight is 507 g/mol. The van der Waals surface area contributed by atoms with E-state index in [1.54, 1.807) is 7.11 Å². The zero-order valence-corrected chi connectivity index (χ0v) is 20.1. The van der Waals surface area contributed by atoms with Crippen LogP contribution >= 0.6 is 27.5 Å². The molecule has 4 aliphatic rings. The van der Waals surface area contributed by atoms with E-state index in [1.807, 2.05) is 30.3 Å². The van der Waals surface area contributed by atoms with E-state index in [4.69, 9.17) is 21.1 Å². The van der Waals surface area contributed by atoms with Crippen LogP contribution in [0.1, 0.15) is 49.7 Å². The standard InChI is InChI=1S/C25H29BrClNO3/c1-30-22-8-17(7-21(26)23(22)31-14-16-2-4-20(27)5-3-16)13-28-24-9-18-6-19(10-24)12-25(29,11-18)15-24/h2-5,7-8,18-19,28-29H,6,9-15H2,1H3. The molecule has 4 nitrogen and oxygen atoms in total. The molecule has 31 heavy (non-hydrogen) atoms. The van der Waals surface area contributed by atoms with Gasteiger partial charge in [0.15, 0.2) is 11.5 Å². The van der Waals surface area contributed by atoms with Crippen LogP contribution in [0.25, 0.3) is 0 Å². The minimum Gasteiger partial charge on any atom is -0.493 e. The summed E-state index contributed by atoms with van der Waals surface area (Å²) >= 11 is 9.64. The van der Waals surface area contributed by atoms with Crippen LogP contribution in [0.15, 0.2) is 40.9 Å². The number of halogens is 2. The van der Waals surface area contributed by atoms with Gasteiger partial charge in [-0.3, -0.25) is 0 Å². The fourth-order valence-corrected chi connectivity index (χ4v) is 7.19. The summed E-state index contributed by atoms with van der Waals surface area (Å²) in [5.74, 6) is 2.75. The highest BCUT2D eigenvalue weighted by atomic mass is 79.9. The Morgan fingerprint density at radius 1 is 1.10 bits per heavy atom. The first-order valence-electron chi connectivity index (χ1n) is 11.1. The fourth-order valence-electron chi connectivity index (χ4n) is 6.46. The Kier molecular flexibility index (Phi) is 5.74. The van der Waals surface area contributed by atoms with Crippen molar-refractivity contribution in [3.63, 3.8) is 0 Å². The molecule has 4 aliphatic carbocycles. The van der Waals surface area contributed by atoms with E-state index in [-0.39, 0.29) is 5.54 Å². The molecule has 2 atom stereocenters. The van der Waals surface area contributed by atoms with Gasteiger partial charge in [0.05, 0.1) is 17.2 Å². The minimum absolute atomic E-state index is 0.0717. The molecule has 0 spiro atoms. The van der Waals surface area contributed by atoms with E-state index in [2.05, 4.69) is 27.3 Å². The third-order valence-corrected chi connectivity index (χ3v) is 8.12. The van der Waals surface area contributed by atoms with E-state index in [0.29, 0.717) is 35.0 Å². The van der Waals surface area contributed by atoms with E-state index in [1.165, 1.54) is 19.3 Å². The van der Waals surface area contributed by atoms with Gasteiger partial charge in [0.1, 0.15) is 6.61 Å². The maximum atomic E-state index is 11.0. The summed E-state index contributed by atoms with van der Waals surface area (Å²) in [7, 11) is 1.67. The number of hydrogen-bond acceptors (Lipinski definition) is 4. The van der Waals surface area contributed by atoms with Crippen LogP contribution < -0.4 is 14.8 Å². The summed E-state index contributed by atoms with van der Waals surface area (Å²) in [6.07, 6.45) is 6.54. The van der Waals surface area contributed by atoms with E-state index in [9.17, 15) is 5.11 Å². The topological polar surface area (TPSA) is 50.7 Å². The van der Waals surface area contributed by atoms with Crippen LogP contribution in [0.5, 0.6) is 11.5 Å². The predicted molar refractivity (Wildman–Crippen MR) is 126 cm³/mol. The van der Waals surface area contributed by atoms with Gasteiger partial charge in [-0.15, -0.1) is 0 Å². The van der Waals surface area contributed by atoms with Gasteiger partial charge in [-0.1, -0.05) is 23.7 Å². The summed E-state index contributed by atoms with van der Waals surface area (Å²) in [6, 6.07) is 11.8. The van der Waals surface area contributed by atoms with Crippen LogP contribution in [0.2, 0.25) is 5.02 Å². The lowest BCUT2D eigenvalue weighted by Gasteiger charge is -2.60. The lowest BCUT2D eigenvalue weighted by atomic mass is 9.51. The zero-order valence-electron chi connectivity index (χ0n) is 17.8. The van der Waals surface area contributed by atoms with E-state index >= 15 is 0 Å². The molecule has 0 radical (unpaired) electrons. The normalized spacial score (nSPS) is 31.1. The number of nitrogens with one attached hydrogen (secondary N) is 1. The third kappa shape index (κ3) is 4.47. The first-order valence-corrected chi connectivity index (χ1v) is 12.2. The molecule has 0 heterocycles. The Morgan fingerprint density at radius 2 is 1.81 bits per heavy atom. The summed E-state index contributed by atoms with van der Waals surface area (Å²) in [5.41, 5.74) is 1.81. The van der Waals surface area contributed by atoms with Crippen molar-refractivity contribution >= 4 is 27.5 Å². The van der Waals surface area contributed by atoms with Gasteiger partial charge in [0, 0.05) is 17.1 Å². The highest BCUT2D eigenvalue weighted by Gasteiger charge is 2.56. The molecule has 4 fully saturated rings. The zero-order chi connectivity index (χ0) is 21.6. The molecule has 166 valence electrons. The number of hydrogen-bond donors (Lipinski definition) is 2. The highest BCUT2D eigenvalue weighted by Crippen LogP contribution is 2.57. The first kappa shape index (κ1) is 21.6. The van der Waals surface area contributed by atoms with Crippen LogP contribution in [0.4, 0.5) is 0 Å². The van der Waals surface area contributed by atoms with Crippen molar-refractivity contribution in [2.45, 2.75) is 62.8 Å². The largest absolute Gasteiger partial charge is 0.493 e. The van der Waals surface area contributed by atoms with Gasteiger partial charge in [0.25, 0.3) is 0 Å². The quantitative estimate of drug-likeness (QED) is 0.494. The van der Waals surface area contributed by atoms with Gasteiger partial charge in [0.2, 0.25) is 0 Å². The molecule has 4 bridgehead atoms. The lowest BCUT2D eigenvalue weighted by molar-refractivity contribution is -0.142. The fraction of sp³-hybridized carbons (Fsp3) is 0.520. The van der Waals surface area contributed by atoms with Gasteiger partial charge in [-0.25, -0.2) is 0 Å². The summed E-state index contributed by atoms with van der Waals surface area (Å²) in [5, 5.41) is 15.6. The molecular formula is C25H29BrClNO3. The van der Waals surface area contributed by atoms with Crippen LogP contribution in [-0.4, -0.2) is 23.4 Å². The summed E-state index contributed by atoms with van der Waals surface area (Å²) < 4.78 is 12.6. The Labute approximate surface area is 197 Å². The number of benzene rings is 2. The number of methoxy groups -OCH3 is 1. The Balaban J connectivity index is 1.28. The van der Waals surface area contributed by atoms with Gasteiger partial charge in [-0.2, -0.15) is 0 Å². The van der Waals surface area contributed by atoms with Crippen molar-refractivity contribution < 1.29 is 14.6 Å². The van der Waals surface area contributed by atoms with Crippen LogP contribution in [0.3, 0.4) is 0 Å². The van der Waals surface area contributed by atoms with Gasteiger partial charge >= 0.3 is 0 Å². The highest BCUT2D eigenvalue weighted by molar-refractivity contribution is 9.10. The minimum atomic E-state index is -0.450. The SMILES string of the molecule is COc1cc(CNC23CC4CC(CC(O)(C4)C2)C3)cc(Br)c1OCc1ccc(Cl)cc1. The number of ether oxygens (including phenoxy) is 2. The second-order valence-corrected chi connectivity index (χ2v) is 11.1. The van der Waals surface area contributed by atoms with Gasteiger partial charge in [-0.05, 0) is 102 Å². The molecule has 2 unspecified atom stereocenters. The molecule has 2 aromatic carbocycles. The van der Waals surface area contributed by atoms with Crippen molar-refractivity contribution in [3.8, 4) is 11.5 Å². The lowest BCUT2D eigenvalue weighted by Crippen LogP contribution is -2.64. The summed E-state index contributed by atoms with van der Waals surface area (Å²) in [4.78, 5) is 0. The van der Waals surface area contributed by atoms with E-state index in [0.717, 1.165) is 41.4 Å². The number of aliphatic hydroxyl groups is 1. The van der Waals surface area contributed by atoms with Crippen molar-refractivity contribution in [1.82, 2.24) is 5.32 Å². The molecule has 6 heteroatoms. The maximum Gasteiger partial charge on any atom is 0.175 e. The Bertz CT molecular complexity index is 950. The molecule has 6 rings (SSSR count).